The van der Waals surface area contributed by atoms with Crippen LogP contribution in [0.5, 0.6) is 0 Å². The molecule has 0 aliphatic heterocycles. The second kappa shape index (κ2) is 11.7. The molecular weight excluding hydrogens is 476 g/mol. The number of hydrogen-bond donors (Lipinski definition) is 3. The fourth-order valence-corrected chi connectivity index (χ4v) is 3.17. The van der Waals surface area contributed by atoms with E-state index in [0.29, 0.717) is 35.4 Å². The zero-order valence-electron chi connectivity index (χ0n) is 13.8. The van der Waals surface area contributed by atoms with Crippen LogP contribution in [0.4, 0.5) is 4.39 Å². The maximum absolute atomic E-state index is 13.6. The van der Waals surface area contributed by atoms with Crippen molar-refractivity contribution in [2.24, 2.45) is 4.99 Å². The smallest absolute Gasteiger partial charge is 0.191 e. The van der Waals surface area contributed by atoms with Crippen LogP contribution < -0.4 is 10.6 Å². The van der Waals surface area contributed by atoms with E-state index in [1.165, 1.54) is 17.4 Å². The van der Waals surface area contributed by atoms with Crippen molar-refractivity contribution in [1.29, 1.82) is 0 Å². The van der Waals surface area contributed by atoms with Crippen molar-refractivity contribution in [3.63, 3.8) is 0 Å². The minimum Gasteiger partial charge on any atom is -0.386 e. The number of nitrogens with one attached hydrogen (secondary N) is 2. The summed E-state index contributed by atoms with van der Waals surface area (Å²) in [4.78, 5) is 5.15. The summed E-state index contributed by atoms with van der Waals surface area (Å²) < 4.78 is 14.2. The topological polar surface area (TPSA) is 56.7 Å². The summed E-state index contributed by atoms with van der Waals surface area (Å²) in [5, 5.41) is 16.4. The average molecular weight is 498 g/mol. The molecule has 8 heteroatoms. The lowest BCUT2D eigenvalue weighted by molar-refractivity contribution is 0.191. The number of aliphatic imine (C=N–C) groups is 1. The summed E-state index contributed by atoms with van der Waals surface area (Å²) in [6.07, 6.45) is -0.135. The molecule has 0 aliphatic carbocycles. The lowest BCUT2D eigenvalue weighted by Gasteiger charge is -2.13. The maximum Gasteiger partial charge on any atom is 0.191 e. The van der Waals surface area contributed by atoms with Crippen molar-refractivity contribution in [2.45, 2.75) is 19.4 Å². The minimum atomic E-state index is -0.690. The third-order valence-corrected chi connectivity index (χ3v) is 4.67. The number of aliphatic hydroxyl groups excluding tert-OH is 1. The quantitative estimate of drug-likeness (QED) is 0.308. The average Bonchev–Trinajstić information content (AvgIpc) is 3.00. The molecule has 1 atom stereocenters. The second-order valence-electron chi connectivity index (χ2n) is 5.15. The van der Waals surface area contributed by atoms with E-state index in [2.05, 4.69) is 15.6 Å². The fourth-order valence-electron chi connectivity index (χ4n) is 2.13. The molecule has 0 aliphatic rings. The van der Waals surface area contributed by atoms with Crippen molar-refractivity contribution >= 4 is 52.9 Å². The predicted octanol–water partition coefficient (Wildman–Crippen LogP) is 3.99. The van der Waals surface area contributed by atoms with Gasteiger partial charge in [0, 0.05) is 18.0 Å². The second-order valence-corrected chi connectivity index (χ2v) is 6.89. The third-order valence-electron chi connectivity index (χ3n) is 3.33. The molecule has 0 fully saturated rings. The third kappa shape index (κ3) is 7.47. The molecule has 138 valence electrons. The Labute approximate surface area is 173 Å². The first kappa shape index (κ1) is 22.1. The lowest BCUT2D eigenvalue weighted by Crippen LogP contribution is -2.38. The van der Waals surface area contributed by atoms with Gasteiger partial charge in [-0.2, -0.15) is 0 Å². The number of nitrogens with zero attached hydrogens (tertiary/aromatic N) is 1. The number of halogens is 3. The van der Waals surface area contributed by atoms with Crippen LogP contribution in [0.1, 0.15) is 23.5 Å². The standard InChI is InChI=1S/C17H21ClFN3OS.HI/c1-2-20-17(21-10-9-12-5-3-4-6-13(12)19)22-11-14(23)15-7-8-16(18)24-15;/h3-8,14,23H,2,9-11H2,1H3,(H2,20,21,22);1H. The molecule has 4 nitrogen and oxygen atoms in total. The number of rotatable bonds is 7. The van der Waals surface area contributed by atoms with E-state index in [1.807, 2.05) is 13.0 Å². The van der Waals surface area contributed by atoms with Gasteiger partial charge in [0.2, 0.25) is 0 Å². The fraction of sp³-hybridized carbons (Fsp3) is 0.353. The van der Waals surface area contributed by atoms with Gasteiger partial charge in [-0.1, -0.05) is 29.8 Å². The van der Waals surface area contributed by atoms with Crippen LogP contribution in [0.3, 0.4) is 0 Å². The summed E-state index contributed by atoms with van der Waals surface area (Å²) in [7, 11) is 0. The van der Waals surface area contributed by atoms with Gasteiger partial charge in [-0.05, 0) is 37.1 Å². The highest BCUT2D eigenvalue weighted by Gasteiger charge is 2.10. The van der Waals surface area contributed by atoms with E-state index in [-0.39, 0.29) is 36.3 Å². The Morgan fingerprint density at radius 1 is 1.28 bits per heavy atom. The SMILES string of the molecule is CCNC(=NCC(O)c1ccc(Cl)s1)NCCc1ccccc1F.I. The summed E-state index contributed by atoms with van der Waals surface area (Å²) in [6, 6.07) is 10.3. The molecule has 0 radical (unpaired) electrons. The monoisotopic (exact) mass is 497 g/mol. The molecule has 1 unspecified atom stereocenters. The summed E-state index contributed by atoms with van der Waals surface area (Å²) >= 11 is 7.21. The maximum atomic E-state index is 13.6. The molecule has 0 bridgehead atoms. The van der Waals surface area contributed by atoms with Gasteiger partial charge < -0.3 is 15.7 Å². The number of aliphatic hydroxyl groups is 1. The van der Waals surface area contributed by atoms with E-state index >= 15 is 0 Å². The van der Waals surface area contributed by atoms with Crippen molar-refractivity contribution in [3.8, 4) is 0 Å². The number of benzene rings is 1. The molecule has 0 saturated heterocycles. The Morgan fingerprint density at radius 2 is 2.04 bits per heavy atom. The van der Waals surface area contributed by atoms with E-state index in [1.54, 1.807) is 24.3 Å². The van der Waals surface area contributed by atoms with E-state index in [9.17, 15) is 9.50 Å². The zero-order chi connectivity index (χ0) is 17.4. The van der Waals surface area contributed by atoms with Gasteiger partial charge in [-0.15, -0.1) is 35.3 Å². The first-order chi connectivity index (χ1) is 11.6. The van der Waals surface area contributed by atoms with Crippen LogP contribution in [0.25, 0.3) is 0 Å². The first-order valence-electron chi connectivity index (χ1n) is 7.79. The molecule has 0 saturated carbocycles. The highest BCUT2D eigenvalue weighted by Crippen LogP contribution is 2.26. The normalized spacial score (nSPS) is 12.4. The first-order valence-corrected chi connectivity index (χ1v) is 8.98. The molecule has 0 spiro atoms. The Balaban J connectivity index is 0.00000312. The van der Waals surface area contributed by atoms with Crippen LogP contribution in [0.2, 0.25) is 4.34 Å². The molecule has 1 heterocycles. The Kier molecular flexibility index (Phi) is 10.3. The summed E-state index contributed by atoms with van der Waals surface area (Å²) in [6.45, 7) is 3.44. The molecule has 2 aromatic rings. The van der Waals surface area contributed by atoms with Gasteiger partial charge in [-0.3, -0.25) is 4.99 Å². The predicted molar refractivity (Wildman–Crippen MR) is 114 cm³/mol. The van der Waals surface area contributed by atoms with Crippen LogP contribution in [0.15, 0.2) is 41.4 Å². The van der Waals surface area contributed by atoms with Gasteiger partial charge in [0.25, 0.3) is 0 Å². The zero-order valence-corrected chi connectivity index (χ0v) is 17.7. The van der Waals surface area contributed by atoms with Gasteiger partial charge in [0.15, 0.2) is 5.96 Å². The molecule has 0 amide bonds. The molecular formula is C17H22ClFIN3OS. The molecule has 3 N–H and O–H groups in total. The van der Waals surface area contributed by atoms with Crippen molar-refractivity contribution in [2.75, 3.05) is 19.6 Å². The largest absolute Gasteiger partial charge is 0.386 e. The van der Waals surface area contributed by atoms with Gasteiger partial charge in [0.05, 0.1) is 10.9 Å². The van der Waals surface area contributed by atoms with Crippen LogP contribution >= 0.6 is 46.9 Å². The summed E-state index contributed by atoms with van der Waals surface area (Å²) in [5.41, 5.74) is 0.661. The van der Waals surface area contributed by atoms with E-state index in [0.717, 1.165) is 4.88 Å². The highest BCUT2D eigenvalue weighted by molar-refractivity contribution is 14.0. The van der Waals surface area contributed by atoms with Crippen LogP contribution in [0, 0.1) is 5.82 Å². The Hall–Kier alpha value is -0.900. The van der Waals surface area contributed by atoms with Crippen molar-refractivity contribution in [3.05, 3.63) is 57.0 Å². The minimum absolute atomic E-state index is 0. The van der Waals surface area contributed by atoms with Crippen molar-refractivity contribution < 1.29 is 9.50 Å². The Bertz CT molecular complexity index is 683. The molecule has 1 aromatic carbocycles. The van der Waals surface area contributed by atoms with Gasteiger partial charge >= 0.3 is 0 Å². The van der Waals surface area contributed by atoms with Crippen LogP contribution in [-0.2, 0) is 6.42 Å². The number of thiophene rings is 1. The molecule has 25 heavy (non-hydrogen) atoms. The highest BCUT2D eigenvalue weighted by atomic mass is 127. The van der Waals surface area contributed by atoms with Crippen molar-refractivity contribution in [1.82, 2.24) is 10.6 Å². The Morgan fingerprint density at radius 3 is 2.68 bits per heavy atom. The van der Waals surface area contributed by atoms with Gasteiger partial charge in [-0.25, -0.2) is 4.39 Å². The van der Waals surface area contributed by atoms with Gasteiger partial charge in [0.1, 0.15) is 11.9 Å². The van der Waals surface area contributed by atoms with E-state index in [4.69, 9.17) is 11.6 Å². The number of hydrogen-bond acceptors (Lipinski definition) is 3. The molecule has 2 rings (SSSR count). The van der Waals surface area contributed by atoms with Crippen LogP contribution in [-0.4, -0.2) is 30.7 Å². The molecule has 1 aromatic heterocycles. The summed E-state index contributed by atoms with van der Waals surface area (Å²) in [5.74, 6) is 0.391. The lowest BCUT2D eigenvalue weighted by atomic mass is 10.1. The number of guanidine groups is 1. The van der Waals surface area contributed by atoms with E-state index < -0.39 is 6.10 Å².